The lowest BCUT2D eigenvalue weighted by atomic mass is 9.83. The number of likely N-dealkylation sites (tertiary alicyclic amines) is 2. The molecule has 3 heterocycles. The third kappa shape index (κ3) is 4.66. The average Bonchev–Trinajstić information content (AvgIpc) is 3.18. The standard InChI is InChI=1S/C25H34N4O3/c1-4-6-20-16-23(27(2)26-20)25(31)29-13-5-7-19-17-28(14-12-22(19)29)24(30)15-18-8-10-21(32-3)11-9-18/h8-11,16,19,22H,4-7,12-15,17H2,1-3H3/t19-,22+/m1/s1. The topological polar surface area (TPSA) is 67.7 Å². The number of ether oxygens (including phenoxy) is 1. The molecule has 0 spiro atoms. The van der Waals surface area contributed by atoms with Gasteiger partial charge in [0.2, 0.25) is 5.91 Å². The first-order chi connectivity index (χ1) is 15.5. The Hall–Kier alpha value is -2.83. The van der Waals surface area contributed by atoms with E-state index >= 15 is 0 Å². The zero-order chi connectivity index (χ0) is 22.7. The van der Waals surface area contributed by atoms with Crippen molar-refractivity contribution in [3.8, 4) is 5.75 Å². The molecule has 7 nitrogen and oxygen atoms in total. The third-order valence-corrected chi connectivity index (χ3v) is 6.85. The maximum absolute atomic E-state index is 13.4. The van der Waals surface area contributed by atoms with Crippen LogP contribution in [0, 0.1) is 5.92 Å². The molecule has 0 bridgehead atoms. The number of nitrogens with zero attached hydrogens (tertiary/aromatic N) is 4. The minimum absolute atomic E-state index is 0.0788. The first-order valence-electron chi connectivity index (χ1n) is 11.7. The summed E-state index contributed by atoms with van der Waals surface area (Å²) >= 11 is 0. The quantitative estimate of drug-likeness (QED) is 0.695. The summed E-state index contributed by atoms with van der Waals surface area (Å²) in [7, 11) is 3.50. The largest absolute Gasteiger partial charge is 0.497 e. The van der Waals surface area contributed by atoms with E-state index in [-0.39, 0.29) is 17.9 Å². The summed E-state index contributed by atoms with van der Waals surface area (Å²) < 4.78 is 6.93. The fourth-order valence-corrected chi connectivity index (χ4v) is 5.16. The van der Waals surface area contributed by atoms with Crippen LogP contribution in [0.25, 0.3) is 0 Å². The van der Waals surface area contributed by atoms with Gasteiger partial charge in [0.05, 0.1) is 19.2 Å². The van der Waals surface area contributed by atoms with Crippen LogP contribution in [0.15, 0.2) is 30.3 Å². The second-order valence-corrected chi connectivity index (χ2v) is 9.02. The van der Waals surface area contributed by atoms with Gasteiger partial charge in [-0.1, -0.05) is 25.5 Å². The van der Waals surface area contributed by atoms with Crippen LogP contribution in [0.4, 0.5) is 0 Å². The Morgan fingerprint density at radius 1 is 1.16 bits per heavy atom. The monoisotopic (exact) mass is 438 g/mol. The van der Waals surface area contributed by atoms with Gasteiger partial charge in [-0.2, -0.15) is 5.10 Å². The molecule has 2 aliphatic rings. The highest BCUT2D eigenvalue weighted by atomic mass is 16.5. The van der Waals surface area contributed by atoms with Gasteiger partial charge >= 0.3 is 0 Å². The normalized spacial score (nSPS) is 20.7. The van der Waals surface area contributed by atoms with Gasteiger partial charge in [0.25, 0.3) is 5.91 Å². The number of fused-ring (bicyclic) bond motifs is 1. The van der Waals surface area contributed by atoms with E-state index in [1.165, 1.54) is 0 Å². The summed E-state index contributed by atoms with van der Waals surface area (Å²) in [6.45, 7) is 4.34. The molecule has 7 heteroatoms. The van der Waals surface area contributed by atoms with E-state index in [2.05, 4.69) is 12.0 Å². The van der Waals surface area contributed by atoms with Crippen molar-refractivity contribution in [3.63, 3.8) is 0 Å². The van der Waals surface area contributed by atoms with Gasteiger partial charge in [-0.05, 0) is 55.4 Å². The van der Waals surface area contributed by atoms with Crippen LogP contribution >= 0.6 is 0 Å². The second kappa shape index (κ2) is 9.76. The Balaban J connectivity index is 1.40. The highest BCUT2D eigenvalue weighted by molar-refractivity contribution is 5.93. The number of hydrogen-bond donors (Lipinski definition) is 0. The van der Waals surface area contributed by atoms with E-state index in [9.17, 15) is 9.59 Å². The van der Waals surface area contributed by atoms with E-state index in [1.807, 2.05) is 47.2 Å². The van der Waals surface area contributed by atoms with Crippen molar-refractivity contribution >= 4 is 11.8 Å². The van der Waals surface area contributed by atoms with E-state index in [0.29, 0.717) is 24.6 Å². The molecule has 4 rings (SSSR count). The van der Waals surface area contributed by atoms with Crippen molar-refractivity contribution < 1.29 is 14.3 Å². The fraction of sp³-hybridized carbons (Fsp3) is 0.560. The van der Waals surface area contributed by atoms with Crippen LogP contribution < -0.4 is 4.74 Å². The van der Waals surface area contributed by atoms with E-state index in [1.54, 1.807) is 11.8 Å². The molecule has 2 amide bonds. The van der Waals surface area contributed by atoms with Crippen LogP contribution in [-0.4, -0.2) is 64.2 Å². The molecular weight excluding hydrogens is 404 g/mol. The number of aryl methyl sites for hydroxylation is 2. The third-order valence-electron chi connectivity index (χ3n) is 6.85. The molecule has 2 aromatic rings. The molecule has 0 radical (unpaired) electrons. The van der Waals surface area contributed by atoms with Crippen LogP contribution in [0.3, 0.4) is 0 Å². The predicted octanol–water partition coefficient (Wildman–Crippen LogP) is 3.08. The summed E-state index contributed by atoms with van der Waals surface area (Å²) in [4.78, 5) is 30.4. The lowest BCUT2D eigenvalue weighted by molar-refractivity contribution is -0.133. The number of amides is 2. The molecule has 1 aromatic heterocycles. The van der Waals surface area contributed by atoms with Gasteiger partial charge in [0, 0.05) is 32.7 Å². The number of carbonyl (C=O) groups is 2. The molecule has 2 fully saturated rings. The number of hydrogen-bond acceptors (Lipinski definition) is 4. The maximum Gasteiger partial charge on any atom is 0.272 e. The molecule has 2 saturated heterocycles. The maximum atomic E-state index is 13.4. The molecule has 1 aromatic carbocycles. The van der Waals surface area contributed by atoms with Crippen LogP contribution in [0.2, 0.25) is 0 Å². The van der Waals surface area contributed by atoms with E-state index in [0.717, 1.165) is 62.2 Å². The highest BCUT2D eigenvalue weighted by Crippen LogP contribution is 2.32. The molecule has 0 N–H and O–H groups in total. The second-order valence-electron chi connectivity index (χ2n) is 9.02. The number of benzene rings is 1. The molecule has 0 unspecified atom stereocenters. The molecule has 2 aliphatic heterocycles. The van der Waals surface area contributed by atoms with Crippen molar-refractivity contribution in [3.05, 3.63) is 47.3 Å². The van der Waals surface area contributed by atoms with Crippen molar-refractivity contribution in [2.75, 3.05) is 26.7 Å². The Kier molecular flexibility index (Phi) is 6.82. The molecule has 172 valence electrons. The van der Waals surface area contributed by atoms with Crippen LogP contribution in [-0.2, 0) is 24.7 Å². The SMILES string of the molecule is CCCc1cc(C(=O)N2CCC[C@@H]3CN(C(=O)Cc4ccc(OC)cc4)CC[C@@H]32)n(C)n1. The summed E-state index contributed by atoms with van der Waals surface area (Å²) in [6, 6.07) is 9.83. The number of methoxy groups -OCH3 is 1. The van der Waals surface area contributed by atoms with E-state index in [4.69, 9.17) is 4.74 Å². The van der Waals surface area contributed by atoms with Crippen molar-refractivity contribution in [2.24, 2.45) is 13.0 Å². The summed E-state index contributed by atoms with van der Waals surface area (Å²) in [5, 5.41) is 4.51. The minimum Gasteiger partial charge on any atom is -0.497 e. The van der Waals surface area contributed by atoms with Crippen LogP contribution in [0.1, 0.15) is 54.4 Å². The van der Waals surface area contributed by atoms with Gasteiger partial charge in [-0.25, -0.2) is 0 Å². The Labute approximate surface area is 190 Å². The van der Waals surface area contributed by atoms with Crippen molar-refractivity contribution in [1.82, 2.24) is 19.6 Å². The van der Waals surface area contributed by atoms with Crippen molar-refractivity contribution in [1.29, 1.82) is 0 Å². The highest BCUT2D eigenvalue weighted by Gasteiger charge is 2.40. The van der Waals surface area contributed by atoms with Gasteiger partial charge in [0.1, 0.15) is 11.4 Å². The van der Waals surface area contributed by atoms with Gasteiger partial charge in [0.15, 0.2) is 0 Å². The first-order valence-corrected chi connectivity index (χ1v) is 11.7. The molecule has 32 heavy (non-hydrogen) atoms. The van der Waals surface area contributed by atoms with Crippen LogP contribution in [0.5, 0.6) is 5.75 Å². The summed E-state index contributed by atoms with van der Waals surface area (Å²) in [6.07, 6.45) is 5.18. The fourth-order valence-electron chi connectivity index (χ4n) is 5.16. The Morgan fingerprint density at radius 3 is 2.66 bits per heavy atom. The zero-order valence-corrected chi connectivity index (χ0v) is 19.4. The number of rotatable bonds is 6. The van der Waals surface area contributed by atoms with Gasteiger partial charge < -0.3 is 14.5 Å². The molecule has 2 atom stereocenters. The molecular formula is C25H34N4O3. The minimum atomic E-state index is 0.0788. The lowest BCUT2D eigenvalue weighted by Crippen LogP contribution is -2.57. The predicted molar refractivity (Wildman–Crippen MR) is 123 cm³/mol. The molecule has 0 aliphatic carbocycles. The number of aromatic nitrogens is 2. The lowest BCUT2D eigenvalue weighted by Gasteiger charge is -2.47. The average molecular weight is 439 g/mol. The summed E-state index contributed by atoms with van der Waals surface area (Å²) in [5.74, 6) is 1.37. The Morgan fingerprint density at radius 2 is 1.94 bits per heavy atom. The van der Waals surface area contributed by atoms with Gasteiger partial charge in [-0.15, -0.1) is 0 Å². The van der Waals surface area contributed by atoms with E-state index < -0.39 is 0 Å². The number of carbonyl (C=O) groups excluding carboxylic acids is 2. The first kappa shape index (κ1) is 22.4. The summed E-state index contributed by atoms with van der Waals surface area (Å²) in [5.41, 5.74) is 2.65. The number of piperidine rings is 2. The van der Waals surface area contributed by atoms with Crippen molar-refractivity contribution in [2.45, 2.75) is 51.5 Å². The smallest absolute Gasteiger partial charge is 0.272 e. The Bertz CT molecular complexity index is 953. The zero-order valence-electron chi connectivity index (χ0n) is 19.4. The molecule has 0 saturated carbocycles. The van der Waals surface area contributed by atoms with Gasteiger partial charge in [-0.3, -0.25) is 14.3 Å².